The summed E-state index contributed by atoms with van der Waals surface area (Å²) in [5, 5.41) is 0. The average Bonchev–Trinajstić information content (AvgIpc) is 1.98. The van der Waals surface area contributed by atoms with E-state index in [0.29, 0.717) is 12.1 Å². The fourth-order valence-electron chi connectivity index (χ4n) is 0.446. The van der Waals surface area contributed by atoms with Crippen molar-refractivity contribution in [3.05, 3.63) is 24.3 Å². The molecule has 0 aromatic carbocycles. The van der Waals surface area contributed by atoms with Crippen molar-refractivity contribution in [2.24, 2.45) is 4.99 Å². The highest BCUT2D eigenvalue weighted by Crippen LogP contribution is 1.84. The summed E-state index contributed by atoms with van der Waals surface area (Å²) in [7, 11) is 0. The Bertz CT molecular complexity index is 168. The Morgan fingerprint density at radius 1 is 1.70 bits per heavy atom. The predicted octanol–water partition coefficient (Wildman–Crippen LogP) is 1.39. The summed E-state index contributed by atoms with van der Waals surface area (Å²) >= 11 is 0. The smallest absolute Gasteiger partial charge is 0.151 e. The highest BCUT2D eigenvalue weighted by Gasteiger charge is 1.83. The maximum atomic E-state index is 10.2. The van der Waals surface area contributed by atoms with E-state index in [1.807, 2.05) is 6.92 Å². The first-order valence-electron chi connectivity index (χ1n) is 3.12. The van der Waals surface area contributed by atoms with Crippen LogP contribution < -0.4 is 0 Å². The van der Waals surface area contributed by atoms with Gasteiger partial charge in [-0.15, -0.1) is 0 Å². The van der Waals surface area contributed by atoms with Gasteiger partial charge in [0.2, 0.25) is 0 Å². The normalized spacial score (nSPS) is 11.9. The van der Waals surface area contributed by atoms with Gasteiger partial charge in [0.25, 0.3) is 0 Å². The van der Waals surface area contributed by atoms with Crippen LogP contribution in [0.1, 0.15) is 6.92 Å². The van der Waals surface area contributed by atoms with Crippen molar-refractivity contribution in [1.29, 1.82) is 0 Å². The topological polar surface area (TPSA) is 29.4 Å². The van der Waals surface area contributed by atoms with Gasteiger partial charge >= 0.3 is 0 Å². The van der Waals surface area contributed by atoms with Crippen molar-refractivity contribution in [2.45, 2.75) is 6.92 Å². The number of carbonyl (C=O) groups excluding carboxylic acids is 1. The minimum Gasteiger partial charge on any atom is -0.298 e. The molecule has 54 valence electrons. The molecule has 10 heavy (non-hydrogen) atoms. The lowest BCUT2D eigenvalue weighted by Gasteiger charge is -1.83. The maximum absolute atomic E-state index is 10.2. The van der Waals surface area contributed by atoms with E-state index in [9.17, 15) is 4.79 Å². The second-order valence-electron chi connectivity index (χ2n) is 1.65. The zero-order valence-corrected chi connectivity index (χ0v) is 6.08. The zero-order chi connectivity index (χ0) is 7.82. The molecule has 0 N–H and O–H groups in total. The van der Waals surface area contributed by atoms with Crippen LogP contribution in [-0.2, 0) is 4.79 Å². The van der Waals surface area contributed by atoms with Crippen LogP contribution in [0.3, 0.4) is 0 Å². The van der Waals surface area contributed by atoms with E-state index in [1.54, 1.807) is 12.2 Å². The van der Waals surface area contributed by atoms with E-state index in [0.717, 1.165) is 6.29 Å². The van der Waals surface area contributed by atoms with Gasteiger partial charge in [-0.2, -0.15) is 0 Å². The van der Waals surface area contributed by atoms with Crippen LogP contribution in [0.5, 0.6) is 0 Å². The number of nitrogens with zero attached hydrogens (tertiary/aromatic N) is 1. The molecule has 0 bridgehead atoms. The van der Waals surface area contributed by atoms with Crippen LogP contribution in [0, 0.1) is 0 Å². The van der Waals surface area contributed by atoms with Gasteiger partial charge in [-0.05, 0) is 6.92 Å². The number of rotatable bonds is 4. The Morgan fingerprint density at radius 3 is 2.80 bits per heavy atom. The molecule has 0 aromatic rings. The summed E-state index contributed by atoms with van der Waals surface area (Å²) in [5.74, 6) is 0. The van der Waals surface area contributed by atoms with Crippen LogP contribution in [0.15, 0.2) is 29.3 Å². The lowest BCUT2D eigenvalue weighted by atomic mass is 10.3. The lowest BCUT2D eigenvalue weighted by molar-refractivity contribution is -0.104. The summed E-state index contributed by atoms with van der Waals surface area (Å²) in [6.07, 6.45) is 5.47. The van der Waals surface area contributed by atoms with Gasteiger partial charge in [0, 0.05) is 18.3 Å². The fraction of sp³-hybridized carbons (Fsp3) is 0.250. The molecule has 0 saturated carbocycles. The molecule has 0 fully saturated rings. The molecule has 0 aliphatic rings. The second-order valence-corrected chi connectivity index (χ2v) is 1.65. The molecule has 0 unspecified atom stereocenters. The van der Waals surface area contributed by atoms with Crippen LogP contribution in [0.4, 0.5) is 0 Å². The Kier molecular flexibility index (Phi) is 5.25. The molecular weight excluding hydrogens is 126 g/mol. The van der Waals surface area contributed by atoms with E-state index in [2.05, 4.69) is 11.6 Å². The van der Waals surface area contributed by atoms with E-state index in [1.165, 1.54) is 6.21 Å². The molecule has 0 aliphatic carbocycles. The summed E-state index contributed by atoms with van der Waals surface area (Å²) in [6, 6.07) is 0. The first kappa shape index (κ1) is 8.82. The molecule has 0 saturated heterocycles. The zero-order valence-electron chi connectivity index (χ0n) is 6.08. The molecule has 0 aromatic heterocycles. The minimum atomic E-state index is 0.553. The minimum absolute atomic E-state index is 0.553. The van der Waals surface area contributed by atoms with Gasteiger partial charge in [0.05, 0.1) is 0 Å². The van der Waals surface area contributed by atoms with Gasteiger partial charge in [-0.1, -0.05) is 18.7 Å². The Labute approximate surface area is 61.0 Å². The maximum Gasteiger partial charge on any atom is 0.151 e. The van der Waals surface area contributed by atoms with Crippen molar-refractivity contribution >= 4 is 12.5 Å². The average molecular weight is 137 g/mol. The summed E-state index contributed by atoms with van der Waals surface area (Å²) in [5.41, 5.74) is 0.553. The van der Waals surface area contributed by atoms with E-state index in [4.69, 9.17) is 0 Å². The molecule has 2 heteroatoms. The van der Waals surface area contributed by atoms with Crippen LogP contribution in [-0.4, -0.2) is 19.0 Å². The van der Waals surface area contributed by atoms with Gasteiger partial charge in [-0.3, -0.25) is 9.79 Å². The number of allylic oxidation sites excluding steroid dienone is 3. The number of carbonyl (C=O) groups is 1. The third-order valence-corrected chi connectivity index (χ3v) is 0.869. The molecule has 2 nitrogen and oxygen atoms in total. The highest BCUT2D eigenvalue weighted by atomic mass is 16.1. The van der Waals surface area contributed by atoms with Crippen molar-refractivity contribution in [2.75, 3.05) is 6.54 Å². The summed E-state index contributed by atoms with van der Waals surface area (Å²) in [6.45, 7) is 6.07. The van der Waals surface area contributed by atoms with E-state index >= 15 is 0 Å². The van der Waals surface area contributed by atoms with Crippen LogP contribution >= 0.6 is 0 Å². The lowest BCUT2D eigenvalue weighted by Crippen LogP contribution is -1.85. The predicted molar refractivity (Wildman–Crippen MR) is 43.4 cm³/mol. The number of hydrogen-bond acceptors (Lipinski definition) is 2. The molecule has 0 atom stereocenters. The van der Waals surface area contributed by atoms with Crippen molar-refractivity contribution < 1.29 is 4.79 Å². The third kappa shape index (κ3) is 3.78. The van der Waals surface area contributed by atoms with Gasteiger partial charge in [0.15, 0.2) is 6.29 Å². The Morgan fingerprint density at radius 2 is 2.40 bits per heavy atom. The van der Waals surface area contributed by atoms with Crippen molar-refractivity contribution in [3.8, 4) is 0 Å². The molecule has 0 amide bonds. The molecule has 0 radical (unpaired) electrons. The van der Waals surface area contributed by atoms with Crippen molar-refractivity contribution in [3.63, 3.8) is 0 Å². The monoisotopic (exact) mass is 137 g/mol. The Balaban J connectivity index is 4.07. The number of hydrogen-bond donors (Lipinski definition) is 0. The molecule has 0 heterocycles. The van der Waals surface area contributed by atoms with Gasteiger partial charge in [0.1, 0.15) is 0 Å². The summed E-state index contributed by atoms with van der Waals surface area (Å²) < 4.78 is 0. The summed E-state index contributed by atoms with van der Waals surface area (Å²) in [4.78, 5) is 14.1. The Hall–Kier alpha value is -1.18. The quantitative estimate of drug-likeness (QED) is 0.249. The van der Waals surface area contributed by atoms with Gasteiger partial charge < -0.3 is 0 Å². The largest absolute Gasteiger partial charge is 0.298 e. The second kappa shape index (κ2) is 5.95. The SMILES string of the molecule is C=C/C=C(/C=O)C=NCC. The van der Waals surface area contributed by atoms with E-state index in [-0.39, 0.29) is 0 Å². The molecule has 0 rings (SSSR count). The van der Waals surface area contributed by atoms with Crippen molar-refractivity contribution in [1.82, 2.24) is 0 Å². The van der Waals surface area contributed by atoms with Gasteiger partial charge in [-0.25, -0.2) is 0 Å². The van der Waals surface area contributed by atoms with E-state index < -0.39 is 0 Å². The standard InChI is InChI=1S/C8H11NO/c1-3-5-8(7-10)6-9-4-2/h3,5-7H,1,4H2,2H3/b8-5+,9-6?. The molecule has 0 aliphatic heterocycles. The first-order chi connectivity index (χ1) is 4.85. The van der Waals surface area contributed by atoms with Crippen LogP contribution in [0.2, 0.25) is 0 Å². The van der Waals surface area contributed by atoms with Crippen LogP contribution in [0.25, 0.3) is 0 Å². The third-order valence-electron chi connectivity index (χ3n) is 0.869. The number of aliphatic imine (C=N–C) groups is 1. The molecular formula is C8H11NO. The number of aldehydes is 1. The fourth-order valence-corrected chi connectivity index (χ4v) is 0.446. The molecule has 0 spiro atoms. The highest BCUT2D eigenvalue weighted by molar-refractivity contribution is 6.02. The first-order valence-corrected chi connectivity index (χ1v) is 3.12.